The summed E-state index contributed by atoms with van der Waals surface area (Å²) in [6, 6.07) is 7.06. The van der Waals surface area contributed by atoms with Crippen LogP contribution in [0, 0.1) is 0 Å². The molecule has 5 aromatic rings. The van der Waals surface area contributed by atoms with Crippen LogP contribution in [0.2, 0.25) is 0 Å². The van der Waals surface area contributed by atoms with E-state index in [2.05, 4.69) is 30.4 Å². The first-order chi connectivity index (χ1) is 20.4. The van der Waals surface area contributed by atoms with Crippen LogP contribution in [-0.2, 0) is 17.5 Å². The zero-order valence-electron chi connectivity index (χ0n) is 22.5. The molecule has 0 spiro atoms. The van der Waals surface area contributed by atoms with Gasteiger partial charge >= 0.3 is 6.18 Å². The highest BCUT2D eigenvalue weighted by Crippen LogP contribution is 2.45. The first-order valence-electron chi connectivity index (χ1n) is 13.6. The second-order valence-electron chi connectivity index (χ2n) is 10.3. The molecule has 1 atom stereocenters. The Kier molecular flexibility index (Phi) is 6.49. The van der Waals surface area contributed by atoms with Crippen LogP contribution in [0.3, 0.4) is 0 Å². The Balaban J connectivity index is 1.17. The maximum atomic E-state index is 13.5. The summed E-state index contributed by atoms with van der Waals surface area (Å²) in [6.45, 7) is 1.25. The summed E-state index contributed by atoms with van der Waals surface area (Å²) in [7, 11) is 1.55. The zero-order valence-corrected chi connectivity index (χ0v) is 22.5. The molecule has 1 aliphatic carbocycles. The summed E-state index contributed by atoms with van der Waals surface area (Å²) in [4.78, 5) is 21.9. The highest BCUT2D eigenvalue weighted by Gasteiger charge is 2.36. The van der Waals surface area contributed by atoms with Gasteiger partial charge in [0.25, 0.3) is 0 Å². The van der Waals surface area contributed by atoms with Gasteiger partial charge in [-0.25, -0.2) is 29.4 Å². The van der Waals surface area contributed by atoms with E-state index in [1.54, 1.807) is 40.7 Å². The Morgan fingerprint density at radius 1 is 1.07 bits per heavy atom. The number of hydrogen-bond acceptors (Lipinski definition) is 9. The fourth-order valence-electron chi connectivity index (χ4n) is 5.19. The molecule has 1 saturated carbocycles. The highest BCUT2D eigenvalue weighted by atomic mass is 19.4. The zero-order chi connectivity index (χ0) is 28.8. The van der Waals surface area contributed by atoms with Crippen molar-refractivity contribution in [3.8, 4) is 28.7 Å². The van der Waals surface area contributed by atoms with Gasteiger partial charge in [0.05, 0.1) is 25.5 Å². The van der Waals surface area contributed by atoms with E-state index in [4.69, 9.17) is 14.5 Å². The van der Waals surface area contributed by atoms with Crippen molar-refractivity contribution >= 4 is 11.5 Å². The lowest BCUT2D eigenvalue weighted by Crippen LogP contribution is -2.10. The van der Waals surface area contributed by atoms with E-state index in [1.807, 2.05) is 12.1 Å². The lowest BCUT2D eigenvalue weighted by Gasteiger charge is -2.14. The highest BCUT2D eigenvalue weighted by molar-refractivity contribution is 5.71. The Morgan fingerprint density at radius 2 is 1.90 bits per heavy atom. The molecule has 42 heavy (non-hydrogen) atoms. The average Bonchev–Trinajstić information content (AvgIpc) is 3.35. The molecule has 1 unspecified atom stereocenters. The summed E-state index contributed by atoms with van der Waals surface area (Å²) >= 11 is 0. The van der Waals surface area contributed by atoms with E-state index in [0.29, 0.717) is 66.4 Å². The van der Waals surface area contributed by atoms with Crippen LogP contribution in [0.1, 0.15) is 48.2 Å². The quantitative estimate of drug-likeness (QED) is 0.274. The van der Waals surface area contributed by atoms with Gasteiger partial charge in [0.15, 0.2) is 23.0 Å². The summed E-state index contributed by atoms with van der Waals surface area (Å²) in [5, 5.41) is 7.99. The topological polar surface area (TPSA) is 117 Å². The molecule has 216 valence electrons. The predicted molar refractivity (Wildman–Crippen MR) is 145 cm³/mol. The van der Waals surface area contributed by atoms with Gasteiger partial charge in [-0.2, -0.15) is 13.2 Å². The molecule has 1 aromatic carbocycles. The Bertz CT molecular complexity index is 1740. The van der Waals surface area contributed by atoms with Crippen LogP contribution < -0.4 is 10.1 Å². The number of alkyl halides is 3. The monoisotopic (exact) mass is 577 g/mol. The minimum Gasteiger partial charge on any atom is -0.480 e. The number of halogens is 3. The van der Waals surface area contributed by atoms with Gasteiger partial charge < -0.3 is 19.4 Å². The van der Waals surface area contributed by atoms with Gasteiger partial charge in [0.1, 0.15) is 17.7 Å². The number of nitrogens with one attached hydrogen (secondary N) is 1. The van der Waals surface area contributed by atoms with Crippen LogP contribution in [-0.4, -0.2) is 59.4 Å². The molecule has 2 aliphatic rings. The number of fused-ring (bicyclic) bond motifs is 1. The maximum absolute atomic E-state index is 13.5. The fourth-order valence-corrected chi connectivity index (χ4v) is 5.19. The van der Waals surface area contributed by atoms with Gasteiger partial charge in [0, 0.05) is 43.2 Å². The van der Waals surface area contributed by atoms with Crippen LogP contribution in [0.4, 0.5) is 19.0 Å². The van der Waals surface area contributed by atoms with E-state index < -0.39 is 11.9 Å². The SMILES string of the molecule is COc1ncnc(C2CC2)c1-c1nc(NCc2ccc(-c3nc(C(F)(F)F)cn3C3CCOC3)cc2)c2nccn2n1. The second-order valence-corrected chi connectivity index (χ2v) is 10.3. The van der Waals surface area contributed by atoms with Crippen molar-refractivity contribution in [1.29, 1.82) is 0 Å². The molecular formula is C28H26F3N9O2. The third-order valence-electron chi connectivity index (χ3n) is 7.47. The number of hydrogen-bond donors (Lipinski definition) is 1. The number of benzene rings is 1. The van der Waals surface area contributed by atoms with Crippen molar-refractivity contribution in [3.63, 3.8) is 0 Å². The lowest BCUT2D eigenvalue weighted by atomic mass is 10.1. The van der Waals surface area contributed by atoms with Crippen LogP contribution in [0.25, 0.3) is 28.4 Å². The molecule has 2 fully saturated rings. The van der Waals surface area contributed by atoms with E-state index in [0.717, 1.165) is 30.3 Å². The van der Waals surface area contributed by atoms with Gasteiger partial charge in [-0.05, 0) is 24.8 Å². The minimum atomic E-state index is -4.53. The smallest absolute Gasteiger partial charge is 0.434 e. The van der Waals surface area contributed by atoms with E-state index in [-0.39, 0.29) is 11.9 Å². The number of aromatic nitrogens is 8. The van der Waals surface area contributed by atoms with E-state index >= 15 is 0 Å². The number of anilines is 1. The first kappa shape index (κ1) is 26.3. The molecule has 0 radical (unpaired) electrons. The van der Waals surface area contributed by atoms with Gasteiger partial charge in [0.2, 0.25) is 5.88 Å². The molecular weight excluding hydrogens is 551 g/mol. The maximum Gasteiger partial charge on any atom is 0.434 e. The van der Waals surface area contributed by atoms with E-state index in [1.165, 1.54) is 6.33 Å². The van der Waals surface area contributed by atoms with Gasteiger partial charge in [-0.15, -0.1) is 5.10 Å². The summed E-state index contributed by atoms with van der Waals surface area (Å²) in [6.07, 6.45) is 4.12. The summed E-state index contributed by atoms with van der Waals surface area (Å²) < 4.78 is 54.7. The largest absolute Gasteiger partial charge is 0.480 e. The molecule has 1 N–H and O–H groups in total. The van der Waals surface area contributed by atoms with Crippen molar-refractivity contribution in [2.24, 2.45) is 0 Å². The summed E-state index contributed by atoms with van der Waals surface area (Å²) in [5.41, 5.74) is 2.63. The third-order valence-corrected chi connectivity index (χ3v) is 7.47. The van der Waals surface area contributed by atoms with Crippen LogP contribution >= 0.6 is 0 Å². The number of nitrogens with zero attached hydrogens (tertiary/aromatic N) is 8. The van der Waals surface area contributed by atoms with Crippen molar-refractivity contribution in [2.45, 2.75) is 43.9 Å². The lowest BCUT2D eigenvalue weighted by molar-refractivity contribution is -0.140. The molecule has 11 nitrogen and oxygen atoms in total. The van der Waals surface area contributed by atoms with E-state index in [9.17, 15) is 13.2 Å². The second kappa shape index (κ2) is 10.4. The molecule has 1 saturated heterocycles. The van der Waals surface area contributed by atoms with Crippen LogP contribution in [0.5, 0.6) is 5.88 Å². The Morgan fingerprint density at radius 3 is 2.62 bits per heavy atom. The minimum absolute atomic E-state index is 0.192. The number of imidazole rings is 2. The molecule has 1 aliphatic heterocycles. The van der Waals surface area contributed by atoms with Gasteiger partial charge in [-0.1, -0.05) is 24.3 Å². The predicted octanol–water partition coefficient (Wildman–Crippen LogP) is 4.92. The summed E-state index contributed by atoms with van der Waals surface area (Å²) in [5.74, 6) is 1.92. The molecule has 5 heterocycles. The van der Waals surface area contributed by atoms with Crippen molar-refractivity contribution < 1.29 is 22.6 Å². The average molecular weight is 578 g/mol. The molecule has 7 rings (SSSR count). The Hall–Kier alpha value is -4.59. The molecule has 4 aromatic heterocycles. The number of rotatable bonds is 8. The third kappa shape index (κ3) is 4.91. The Labute approximate surface area is 237 Å². The fraction of sp³-hybridized carbons (Fsp3) is 0.357. The van der Waals surface area contributed by atoms with Crippen molar-refractivity contribution in [3.05, 3.63) is 66.1 Å². The number of methoxy groups -OCH3 is 1. The van der Waals surface area contributed by atoms with Gasteiger partial charge in [-0.3, -0.25) is 0 Å². The molecule has 0 bridgehead atoms. The normalized spacial score (nSPS) is 17.2. The number of ether oxygens (including phenoxy) is 2. The van der Waals surface area contributed by atoms with Crippen molar-refractivity contribution in [2.75, 3.05) is 25.6 Å². The van der Waals surface area contributed by atoms with Crippen LogP contribution in [0.15, 0.2) is 49.2 Å². The standard InChI is InChI=1S/C28H26F3N9O2/c1-41-27-21(22(17-6-7-17)34-15-35-27)23-37-24(26-32-9-10-40(26)38-23)33-12-16-2-4-18(5-3-16)25-36-20(28(29,30)31)13-39(25)19-8-11-42-14-19/h2-5,9-10,13,15,17,19H,6-8,11-12,14H2,1H3,(H,33,37,38). The molecule has 14 heteroatoms. The molecule has 0 amide bonds. The van der Waals surface area contributed by atoms with Crippen molar-refractivity contribution in [1.82, 2.24) is 39.1 Å². The first-order valence-corrected chi connectivity index (χ1v) is 13.6.